The first-order valence-corrected chi connectivity index (χ1v) is 6.74. The van der Waals surface area contributed by atoms with Gasteiger partial charge in [-0.1, -0.05) is 0 Å². The van der Waals surface area contributed by atoms with Crippen LogP contribution in [0.5, 0.6) is 0 Å². The minimum absolute atomic E-state index is 0.335. The van der Waals surface area contributed by atoms with E-state index in [1.165, 1.54) is 11.8 Å². The SMILES string of the molecule is C[C@@H](O)[C@H](N)C(=O)NC(=O)[C@@H]1CCCN1C(=O)[C@@H](N)CO. The second-order valence-electron chi connectivity index (χ2n) is 5.10. The Morgan fingerprint density at radius 2 is 2.00 bits per heavy atom. The van der Waals surface area contributed by atoms with Gasteiger partial charge in [0.05, 0.1) is 12.7 Å². The number of carbonyl (C=O) groups is 3. The van der Waals surface area contributed by atoms with Crippen molar-refractivity contribution in [2.45, 2.75) is 44.0 Å². The first-order chi connectivity index (χ1) is 9.79. The lowest BCUT2D eigenvalue weighted by Gasteiger charge is -2.26. The number of hydrogen-bond acceptors (Lipinski definition) is 7. The Kier molecular flexibility index (Phi) is 6.21. The molecule has 7 N–H and O–H groups in total. The number of hydrogen-bond donors (Lipinski definition) is 5. The number of amides is 3. The maximum Gasteiger partial charge on any atom is 0.249 e. The lowest BCUT2D eigenvalue weighted by Crippen LogP contribution is -2.56. The summed E-state index contributed by atoms with van der Waals surface area (Å²) in [6.45, 7) is 1.15. The third-order valence-electron chi connectivity index (χ3n) is 3.42. The highest BCUT2D eigenvalue weighted by Gasteiger charge is 2.37. The fraction of sp³-hybridized carbons (Fsp3) is 0.750. The van der Waals surface area contributed by atoms with Gasteiger partial charge in [-0.2, -0.15) is 0 Å². The summed E-state index contributed by atoms with van der Waals surface area (Å²) >= 11 is 0. The van der Waals surface area contributed by atoms with Gasteiger partial charge < -0.3 is 26.6 Å². The molecule has 0 bridgehead atoms. The number of rotatable bonds is 5. The van der Waals surface area contributed by atoms with Gasteiger partial charge in [-0.05, 0) is 19.8 Å². The van der Waals surface area contributed by atoms with E-state index in [0.717, 1.165) is 0 Å². The highest BCUT2D eigenvalue weighted by Crippen LogP contribution is 2.18. The van der Waals surface area contributed by atoms with Gasteiger partial charge in [0, 0.05) is 6.54 Å². The maximum atomic E-state index is 12.0. The summed E-state index contributed by atoms with van der Waals surface area (Å²) in [5.41, 5.74) is 10.9. The smallest absolute Gasteiger partial charge is 0.249 e. The summed E-state index contributed by atoms with van der Waals surface area (Å²) in [5, 5.41) is 20.2. The van der Waals surface area contributed by atoms with Crippen LogP contribution in [0.3, 0.4) is 0 Å². The second-order valence-corrected chi connectivity index (χ2v) is 5.10. The van der Waals surface area contributed by atoms with Crippen LogP contribution in [0.25, 0.3) is 0 Å². The number of nitrogens with two attached hydrogens (primary N) is 2. The molecule has 4 atom stereocenters. The fourth-order valence-electron chi connectivity index (χ4n) is 2.10. The third-order valence-corrected chi connectivity index (χ3v) is 3.42. The average molecular weight is 302 g/mol. The van der Waals surface area contributed by atoms with Crippen LogP contribution in [-0.2, 0) is 14.4 Å². The average Bonchev–Trinajstić information content (AvgIpc) is 2.93. The fourth-order valence-corrected chi connectivity index (χ4v) is 2.10. The van der Waals surface area contributed by atoms with E-state index in [2.05, 4.69) is 5.32 Å². The molecule has 0 spiro atoms. The number of aliphatic hydroxyl groups is 2. The Balaban J connectivity index is 2.68. The first-order valence-electron chi connectivity index (χ1n) is 6.74. The highest BCUT2D eigenvalue weighted by molar-refractivity contribution is 6.01. The molecule has 1 rings (SSSR count). The van der Waals surface area contributed by atoms with Crippen molar-refractivity contribution in [2.75, 3.05) is 13.2 Å². The Labute approximate surface area is 122 Å². The number of carbonyl (C=O) groups excluding carboxylic acids is 3. The number of likely N-dealkylation sites (tertiary alicyclic amines) is 1. The van der Waals surface area contributed by atoms with Crippen molar-refractivity contribution in [3.8, 4) is 0 Å². The van der Waals surface area contributed by atoms with E-state index in [-0.39, 0.29) is 0 Å². The van der Waals surface area contributed by atoms with Crippen LogP contribution in [0.15, 0.2) is 0 Å². The second kappa shape index (κ2) is 7.46. The predicted octanol–water partition coefficient (Wildman–Crippen LogP) is -3.35. The van der Waals surface area contributed by atoms with Gasteiger partial charge in [0.1, 0.15) is 18.1 Å². The van der Waals surface area contributed by atoms with E-state index in [0.29, 0.717) is 19.4 Å². The van der Waals surface area contributed by atoms with Crippen molar-refractivity contribution in [2.24, 2.45) is 11.5 Å². The Hall–Kier alpha value is -1.55. The molecular weight excluding hydrogens is 280 g/mol. The van der Waals surface area contributed by atoms with Crippen molar-refractivity contribution < 1.29 is 24.6 Å². The molecule has 1 aliphatic rings. The molecule has 9 nitrogen and oxygen atoms in total. The largest absolute Gasteiger partial charge is 0.394 e. The monoisotopic (exact) mass is 302 g/mol. The minimum atomic E-state index is -1.22. The zero-order valence-corrected chi connectivity index (χ0v) is 11.9. The molecule has 0 aromatic carbocycles. The maximum absolute atomic E-state index is 12.0. The molecule has 0 saturated carbocycles. The number of nitrogens with one attached hydrogen (secondary N) is 1. The van der Waals surface area contributed by atoms with Crippen molar-refractivity contribution in [1.29, 1.82) is 0 Å². The normalized spacial score (nSPS) is 22.5. The molecule has 1 heterocycles. The van der Waals surface area contributed by atoms with E-state index >= 15 is 0 Å². The standard InChI is InChI=1S/C12H22N4O5/c1-6(18)9(14)11(20)15-10(19)8-3-2-4-16(8)12(21)7(13)5-17/h6-9,17-18H,2-5,13-14H2,1H3,(H,15,19,20)/t6-,7+,8+,9+/m1/s1. The molecule has 0 aliphatic carbocycles. The number of aliphatic hydroxyl groups excluding tert-OH is 2. The van der Waals surface area contributed by atoms with Crippen LogP contribution < -0.4 is 16.8 Å². The molecule has 3 amide bonds. The van der Waals surface area contributed by atoms with Crippen LogP contribution in [0.2, 0.25) is 0 Å². The summed E-state index contributed by atoms with van der Waals surface area (Å²) < 4.78 is 0. The van der Waals surface area contributed by atoms with Crippen molar-refractivity contribution in [3.05, 3.63) is 0 Å². The van der Waals surface area contributed by atoms with Gasteiger partial charge in [-0.25, -0.2) is 0 Å². The summed E-state index contributed by atoms with van der Waals surface area (Å²) in [6, 6.07) is -3.13. The van der Waals surface area contributed by atoms with Crippen molar-refractivity contribution >= 4 is 17.7 Å². The van der Waals surface area contributed by atoms with Crippen LogP contribution >= 0.6 is 0 Å². The molecule has 1 fully saturated rings. The van der Waals surface area contributed by atoms with Gasteiger partial charge in [-0.15, -0.1) is 0 Å². The summed E-state index contributed by atoms with van der Waals surface area (Å²) in [7, 11) is 0. The molecule has 0 aromatic rings. The number of imide groups is 1. The zero-order valence-electron chi connectivity index (χ0n) is 11.9. The topological polar surface area (TPSA) is 159 Å². The van der Waals surface area contributed by atoms with Crippen molar-refractivity contribution in [3.63, 3.8) is 0 Å². The summed E-state index contributed by atoms with van der Waals surface area (Å²) in [6.07, 6.45) is -0.104. The minimum Gasteiger partial charge on any atom is -0.394 e. The Morgan fingerprint density at radius 3 is 2.52 bits per heavy atom. The van der Waals surface area contributed by atoms with Crippen molar-refractivity contribution in [1.82, 2.24) is 10.2 Å². The Morgan fingerprint density at radius 1 is 1.38 bits per heavy atom. The predicted molar refractivity (Wildman–Crippen MR) is 72.6 cm³/mol. The zero-order chi connectivity index (χ0) is 16.2. The van der Waals surface area contributed by atoms with E-state index < -0.39 is 48.6 Å². The van der Waals surface area contributed by atoms with Crippen LogP contribution in [0.4, 0.5) is 0 Å². The van der Waals surface area contributed by atoms with Gasteiger partial charge >= 0.3 is 0 Å². The van der Waals surface area contributed by atoms with Gasteiger partial charge in [0.2, 0.25) is 17.7 Å². The Bertz CT molecular complexity index is 414. The molecule has 9 heteroatoms. The van der Waals surface area contributed by atoms with Gasteiger partial charge in [0.15, 0.2) is 0 Å². The van der Waals surface area contributed by atoms with Gasteiger partial charge in [-0.3, -0.25) is 19.7 Å². The summed E-state index contributed by atoms with van der Waals surface area (Å²) in [4.78, 5) is 36.9. The lowest BCUT2D eigenvalue weighted by molar-refractivity contribution is -0.142. The van der Waals surface area contributed by atoms with Gasteiger partial charge in [0.25, 0.3) is 0 Å². The van der Waals surface area contributed by atoms with E-state index in [4.69, 9.17) is 16.6 Å². The molecule has 0 unspecified atom stereocenters. The number of nitrogens with zero attached hydrogens (tertiary/aromatic N) is 1. The first kappa shape index (κ1) is 17.5. The quantitative estimate of drug-likeness (QED) is 0.355. The molecule has 1 aliphatic heterocycles. The molecule has 21 heavy (non-hydrogen) atoms. The molecule has 0 aromatic heterocycles. The van der Waals surface area contributed by atoms with E-state index in [1.807, 2.05) is 0 Å². The molecule has 1 saturated heterocycles. The van der Waals surface area contributed by atoms with Crippen LogP contribution in [0, 0.1) is 0 Å². The summed E-state index contributed by atoms with van der Waals surface area (Å²) in [5.74, 6) is -2.00. The highest BCUT2D eigenvalue weighted by atomic mass is 16.3. The van der Waals surface area contributed by atoms with E-state index in [1.54, 1.807) is 0 Å². The van der Waals surface area contributed by atoms with Crippen LogP contribution in [0.1, 0.15) is 19.8 Å². The molecule has 120 valence electrons. The molecular formula is C12H22N4O5. The third kappa shape index (κ3) is 4.21. The lowest BCUT2D eigenvalue weighted by atomic mass is 10.1. The van der Waals surface area contributed by atoms with Crippen LogP contribution in [-0.4, -0.2) is 70.2 Å². The van der Waals surface area contributed by atoms with E-state index in [9.17, 15) is 19.5 Å². The molecule has 0 radical (unpaired) electrons.